The minimum Gasteiger partial charge on any atom is -0.475 e. The molecule has 0 saturated carbocycles. The number of halogens is 3. The number of nitrogens with one attached hydrogen (secondary N) is 3. The Bertz CT molecular complexity index is 1480. The number of sulfonamides is 1. The highest BCUT2D eigenvalue weighted by Crippen LogP contribution is 2.31. The minimum atomic E-state index is -5.08. The van der Waals surface area contributed by atoms with Gasteiger partial charge in [-0.05, 0) is 49.2 Å². The van der Waals surface area contributed by atoms with Crippen LogP contribution in [-0.2, 0) is 21.4 Å². The van der Waals surface area contributed by atoms with Crippen LogP contribution in [0.1, 0.15) is 27.0 Å². The van der Waals surface area contributed by atoms with Crippen molar-refractivity contribution >= 4 is 33.3 Å². The molecule has 0 atom stereocenters. The summed E-state index contributed by atoms with van der Waals surface area (Å²) in [4.78, 5) is 24.1. The van der Waals surface area contributed by atoms with Crippen LogP contribution < -0.4 is 20.3 Å². The van der Waals surface area contributed by atoms with Gasteiger partial charge in [0.1, 0.15) is 0 Å². The Balaban J connectivity index is 0.000000587. The Morgan fingerprint density at radius 3 is 2.20 bits per heavy atom. The molecule has 220 valence electrons. The molecule has 3 aromatic carbocycles. The molecule has 13 heteroatoms. The number of amides is 1. The molecule has 0 bridgehead atoms. The summed E-state index contributed by atoms with van der Waals surface area (Å²) in [6, 6.07) is 20.1. The van der Waals surface area contributed by atoms with Gasteiger partial charge in [0.15, 0.2) is 0 Å². The summed E-state index contributed by atoms with van der Waals surface area (Å²) in [5.74, 6) is -3.02. The standard InChI is InChI=1S/C26H30N4O3S.C2HF3O2/c1-19-8-11-25(20(2)16-19)34(32,33)29-23-17-22(9-10-24(23)30-14-12-27-13-15-30)26(31)28-18-21-6-4-3-5-7-21;3-2(4,5)1(6)7/h3-11,16-17,27,29H,12-15,18H2,1-2H3,(H,28,31);(H,6,7). The lowest BCUT2D eigenvalue weighted by Crippen LogP contribution is -2.43. The number of carbonyl (C=O) groups is 2. The van der Waals surface area contributed by atoms with Gasteiger partial charge in [-0.3, -0.25) is 9.52 Å². The van der Waals surface area contributed by atoms with Gasteiger partial charge in [0.2, 0.25) is 0 Å². The third-order valence-electron chi connectivity index (χ3n) is 6.12. The van der Waals surface area contributed by atoms with Crippen molar-refractivity contribution in [3.8, 4) is 0 Å². The molecule has 0 aliphatic carbocycles. The zero-order chi connectivity index (χ0) is 30.2. The number of carboxylic acid groups (broad SMARTS) is 1. The zero-order valence-electron chi connectivity index (χ0n) is 22.5. The van der Waals surface area contributed by atoms with Crippen LogP contribution in [0.2, 0.25) is 0 Å². The van der Waals surface area contributed by atoms with E-state index in [9.17, 15) is 26.4 Å². The van der Waals surface area contributed by atoms with Crippen LogP contribution in [0.5, 0.6) is 0 Å². The fourth-order valence-corrected chi connectivity index (χ4v) is 5.41. The van der Waals surface area contributed by atoms with Crippen LogP contribution in [0.4, 0.5) is 24.5 Å². The summed E-state index contributed by atoms with van der Waals surface area (Å²) in [6.45, 7) is 7.22. The number of carboxylic acids is 1. The number of hydrogen-bond acceptors (Lipinski definition) is 6. The molecule has 1 amide bonds. The van der Waals surface area contributed by atoms with E-state index >= 15 is 0 Å². The van der Waals surface area contributed by atoms with Crippen LogP contribution in [0, 0.1) is 13.8 Å². The van der Waals surface area contributed by atoms with Crippen molar-refractivity contribution in [2.45, 2.75) is 31.5 Å². The van der Waals surface area contributed by atoms with Crippen LogP contribution in [-0.4, -0.2) is 57.8 Å². The van der Waals surface area contributed by atoms with E-state index in [1.165, 1.54) is 0 Å². The Morgan fingerprint density at radius 2 is 1.61 bits per heavy atom. The fourth-order valence-electron chi connectivity index (χ4n) is 4.12. The average molecular weight is 593 g/mol. The zero-order valence-corrected chi connectivity index (χ0v) is 23.3. The second-order valence-corrected chi connectivity index (χ2v) is 11.0. The molecule has 3 aromatic rings. The first-order valence-corrected chi connectivity index (χ1v) is 14.1. The number of alkyl halides is 3. The lowest BCUT2D eigenvalue weighted by molar-refractivity contribution is -0.192. The molecule has 1 fully saturated rings. The van der Waals surface area contributed by atoms with Crippen molar-refractivity contribution < 1.29 is 36.3 Å². The molecule has 0 unspecified atom stereocenters. The molecular weight excluding hydrogens is 561 g/mol. The van der Waals surface area contributed by atoms with Gasteiger partial charge < -0.3 is 20.6 Å². The van der Waals surface area contributed by atoms with Gasteiger partial charge >= 0.3 is 12.1 Å². The number of aliphatic carboxylic acids is 1. The minimum absolute atomic E-state index is 0.225. The SMILES string of the molecule is Cc1ccc(S(=O)(=O)Nc2cc(C(=O)NCc3ccccc3)ccc2N2CCNCC2)c(C)c1.O=C(O)C(F)(F)F. The molecule has 1 aliphatic rings. The van der Waals surface area contributed by atoms with E-state index in [-0.39, 0.29) is 10.8 Å². The highest BCUT2D eigenvalue weighted by Gasteiger charge is 2.38. The molecule has 0 spiro atoms. The lowest BCUT2D eigenvalue weighted by atomic mass is 10.1. The second kappa shape index (κ2) is 13.5. The third-order valence-corrected chi connectivity index (χ3v) is 7.64. The smallest absolute Gasteiger partial charge is 0.475 e. The van der Waals surface area contributed by atoms with Crippen LogP contribution in [0.25, 0.3) is 0 Å². The van der Waals surface area contributed by atoms with Crippen LogP contribution in [0.15, 0.2) is 71.6 Å². The Labute approximate surface area is 236 Å². The number of anilines is 2. The number of rotatable bonds is 7. The highest BCUT2D eigenvalue weighted by atomic mass is 32.2. The normalized spacial score (nSPS) is 13.5. The fraction of sp³-hybridized carbons (Fsp3) is 0.286. The van der Waals surface area contributed by atoms with E-state index < -0.39 is 22.2 Å². The summed E-state index contributed by atoms with van der Waals surface area (Å²) in [5, 5.41) is 13.3. The van der Waals surface area contributed by atoms with Crippen molar-refractivity contribution in [2.24, 2.45) is 0 Å². The van der Waals surface area contributed by atoms with Gasteiger partial charge in [0.05, 0.1) is 16.3 Å². The molecule has 4 N–H and O–H groups in total. The third kappa shape index (κ3) is 8.95. The Kier molecular flexibility index (Phi) is 10.4. The predicted octanol–water partition coefficient (Wildman–Crippen LogP) is 4.08. The number of carbonyl (C=O) groups excluding carboxylic acids is 1. The van der Waals surface area contributed by atoms with E-state index in [0.717, 1.165) is 43.0 Å². The van der Waals surface area contributed by atoms with E-state index in [1.807, 2.05) is 49.4 Å². The summed E-state index contributed by atoms with van der Waals surface area (Å²) in [7, 11) is -3.84. The van der Waals surface area contributed by atoms with Gasteiger partial charge in [0.25, 0.3) is 15.9 Å². The van der Waals surface area contributed by atoms with Crippen molar-refractivity contribution in [1.82, 2.24) is 10.6 Å². The average Bonchev–Trinajstić information content (AvgIpc) is 2.92. The first-order chi connectivity index (χ1) is 19.3. The first-order valence-electron chi connectivity index (χ1n) is 12.6. The summed E-state index contributed by atoms with van der Waals surface area (Å²) >= 11 is 0. The monoisotopic (exact) mass is 592 g/mol. The molecule has 1 heterocycles. The van der Waals surface area contributed by atoms with Gasteiger partial charge in [-0.1, -0.05) is 48.0 Å². The molecule has 1 aliphatic heterocycles. The largest absolute Gasteiger partial charge is 0.490 e. The van der Waals surface area contributed by atoms with Gasteiger partial charge in [-0.25, -0.2) is 13.2 Å². The second-order valence-electron chi connectivity index (χ2n) is 9.31. The van der Waals surface area contributed by atoms with Gasteiger partial charge in [0, 0.05) is 38.3 Å². The first kappa shape index (κ1) is 31.4. The number of aryl methyl sites for hydroxylation is 2. The molecule has 41 heavy (non-hydrogen) atoms. The maximum atomic E-state index is 13.3. The predicted molar refractivity (Wildman–Crippen MR) is 150 cm³/mol. The van der Waals surface area contributed by atoms with Crippen LogP contribution >= 0.6 is 0 Å². The highest BCUT2D eigenvalue weighted by molar-refractivity contribution is 7.92. The summed E-state index contributed by atoms with van der Waals surface area (Å²) in [6.07, 6.45) is -5.08. The molecule has 0 aromatic heterocycles. The summed E-state index contributed by atoms with van der Waals surface area (Å²) < 4.78 is 61.1. The van der Waals surface area contributed by atoms with E-state index in [0.29, 0.717) is 23.4 Å². The van der Waals surface area contributed by atoms with Crippen molar-refractivity contribution in [1.29, 1.82) is 0 Å². The van der Waals surface area contributed by atoms with Crippen molar-refractivity contribution in [3.63, 3.8) is 0 Å². The number of benzene rings is 3. The Morgan fingerprint density at radius 1 is 0.976 bits per heavy atom. The van der Waals surface area contributed by atoms with Gasteiger partial charge in [-0.15, -0.1) is 0 Å². The van der Waals surface area contributed by atoms with Crippen molar-refractivity contribution in [3.05, 3.63) is 89.0 Å². The van der Waals surface area contributed by atoms with Crippen LogP contribution in [0.3, 0.4) is 0 Å². The number of piperazine rings is 1. The molecule has 0 radical (unpaired) electrons. The Hall–Kier alpha value is -4.10. The maximum absolute atomic E-state index is 13.3. The van der Waals surface area contributed by atoms with E-state index in [2.05, 4.69) is 20.3 Å². The number of hydrogen-bond donors (Lipinski definition) is 4. The summed E-state index contributed by atoms with van der Waals surface area (Å²) in [5.41, 5.74) is 4.21. The lowest BCUT2D eigenvalue weighted by Gasteiger charge is -2.31. The topological polar surface area (TPSA) is 128 Å². The molecular formula is C28H31F3N4O5S. The maximum Gasteiger partial charge on any atom is 0.490 e. The van der Waals surface area contributed by atoms with Crippen molar-refractivity contribution in [2.75, 3.05) is 35.8 Å². The van der Waals surface area contributed by atoms with E-state index in [1.54, 1.807) is 31.2 Å². The van der Waals surface area contributed by atoms with Gasteiger partial charge in [-0.2, -0.15) is 13.2 Å². The molecule has 9 nitrogen and oxygen atoms in total. The molecule has 1 saturated heterocycles. The van der Waals surface area contributed by atoms with E-state index in [4.69, 9.17) is 9.90 Å². The quantitative estimate of drug-likeness (QED) is 0.326. The number of nitrogens with zero attached hydrogens (tertiary/aromatic N) is 1. The molecule has 4 rings (SSSR count).